The summed E-state index contributed by atoms with van der Waals surface area (Å²) in [5.74, 6) is 0. The van der Waals surface area contributed by atoms with Crippen LogP contribution in [0.4, 0.5) is 8.78 Å². The SMILES string of the molecule is O=CCC(F)(F)I. The van der Waals surface area contributed by atoms with Crippen LogP contribution in [0.1, 0.15) is 6.42 Å². The minimum absolute atomic E-state index is 0.201. The molecule has 42 valence electrons. The lowest BCUT2D eigenvalue weighted by Crippen LogP contribution is -2.03. The summed E-state index contributed by atoms with van der Waals surface area (Å²) in [5.41, 5.74) is 0. The highest BCUT2D eigenvalue weighted by Gasteiger charge is 2.21. The van der Waals surface area contributed by atoms with E-state index < -0.39 is 10.4 Å². The maximum Gasteiger partial charge on any atom is 0.303 e. The minimum atomic E-state index is -2.85. The summed E-state index contributed by atoms with van der Waals surface area (Å²) in [6.45, 7) is 0. The van der Waals surface area contributed by atoms with E-state index in [2.05, 4.69) is 0 Å². The molecule has 0 atom stereocenters. The van der Waals surface area contributed by atoms with Gasteiger partial charge in [0.05, 0.1) is 6.42 Å². The number of halogens is 3. The van der Waals surface area contributed by atoms with Crippen molar-refractivity contribution in [2.75, 3.05) is 0 Å². The molecule has 0 aromatic carbocycles. The maximum atomic E-state index is 11.5. The van der Waals surface area contributed by atoms with Crippen molar-refractivity contribution in [1.82, 2.24) is 0 Å². The van der Waals surface area contributed by atoms with Gasteiger partial charge < -0.3 is 4.79 Å². The summed E-state index contributed by atoms with van der Waals surface area (Å²) in [6, 6.07) is 0. The number of rotatable bonds is 2. The van der Waals surface area contributed by atoms with Crippen LogP contribution in [0.3, 0.4) is 0 Å². The van der Waals surface area contributed by atoms with E-state index in [0.717, 1.165) is 22.6 Å². The third-order valence-electron chi connectivity index (χ3n) is 0.315. The Bertz CT molecular complexity index is 67.8. The summed E-state index contributed by atoms with van der Waals surface area (Å²) in [6.07, 6.45) is -0.486. The van der Waals surface area contributed by atoms with Crippen molar-refractivity contribution >= 4 is 28.9 Å². The van der Waals surface area contributed by atoms with Crippen LogP contribution in [-0.4, -0.2) is 10.2 Å². The lowest BCUT2D eigenvalue weighted by Gasteiger charge is -1.98. The summed E-state index contributed by atoms with van der Waals surface area (Å²) in [7, 11) is 0. The first-order chi connectivity index (χ1) is 3.06. The van der Waals surface area contributed by atoms with Crippen molar-refractivity contribution in [2.24, 2.45) is 0 Å². The largest absolute Gasteiger partial charge is 0.303 e. The molecule has 0 N–H and O–H groups in total. The smallest absolute Gasteiger partial charge is 0.303 e. The zero-order chi connectivity index (χ0) is 5.91. The molecule has 0 radical (unpaired) electrons. The second-order valence-corrected chi connectivity index (χ2v) is 2.56. The zero-order valence-electron chi connectivity index (χ0n) is 3.33. The van der Waals surface area contributed by atoms with Gasteiger partial charge in [0.1, 0.15) is 6.29 Å². The molecular weight excluding hydrogens is 217 g/mol. The highest BCUT2D eigenvalue weighted by molar-refractivity contribution is 14.1. The van der Waals surface area contributed by atoms with E-state index in [4.69, 9.17) is 0 Å². The number of hydrogen-bond acceptors (Lipinski definition) is 1. The Kier molecular flexibility index (Phi) is 2.63. The van der Waals surface area contributed by atoms with Gasteiger partial charge in [0.2, 0.25) is 0 Å². The van der Waals surface area contributed by atoms with Gasteiger partial charge in [-0.2, -0.15) is 8.78 Å². The van der Waals surface area contributed by atoms with E-state index in [1.807, 2.05) is 0 Å². The Morgan fingerprint density at radius 1 is 1.71 bits per heavy atom. The van der Waals surface area contributed by atoms with Gasteiger partial charge in [-0.15, -0.1) is 0 Å². The Morgan fingerprint density at radius 2 is 2.14 bits per heavy atom. The van der Waals surface area contributed by atoms with Gasteiger partial charge in [0.15, 0.2) is 0 Å². The van der Waals surface area contributed by atoms with Crippen LogP contribution >= 0.6 is 22.6 Å². The molecule has 0 aliphatic carbocycles. The molecular formula is C3H3F2IO. The first-order valence-electron chi connectivity index (χ1n) is 1.56. The first kappa shape index (κ1) is 7.26. The van der Waals surface area contributed by atoms with Crippen LogP contribution < -0.4 is 0 Å². The van der Waals surface area contributed by atoms with Crippen LogP contribution in [-0.2, 0) is 4.79 Å². The molecule has 4 heteroatoms. The molecule has 0 saturated heterocycles. The summed E-state index contributed by atoms with van der Waals surface area (Å²) >= 11 is 0.912. The predicted octanol–water partition coefficient (Wildman–Crippen LogP) is 1.60. The topological polar surface area (TPSA) is 17.1 Å². The van der Waals surface area contributed by atoms with Gasteiger partial charge in [-0.3, -0.25) is 0 Å². The van der Waals surface area contributed by atoms with Gasteiger partial charge in [-0.25, -0.2) is 0 Å². The van der Waals surface area contributed by atoms with E-state index in [9.17, 15) is 13.6 Å². The van der Waals surface area contributed by atoms with Crippen LogP contribution in [0, 0.1) is 0 Å². The molecule has 1 nitrogen and oxygen atoms in total. The number of aldehydes is 1. The molecule has 0 heterocycles. The molecule has 0 amide bonds. The van der Waals surface area contributed by atoms with Crippen molar-refractivity contribution < 1.29 is 13.6 Å². The van der Waals surface area contributed by atoms with E-state index in [1.165, 1.54) is 0 Å². The van der Waals surface area contributed by atoms with Crippen molar-refractivity contribution in [3.63, 3.8) is 0 Å². The predicted molar refractivity (Wildman–Crippen MR) is 29.6 cm³/mol. The highest BCUT2D eigenvalue weighted by atomic mass is 127. The zero-order valence-corrected chi connectivity index (χ0v) is 5.48. The molecule has 0 rings (SSSR count). The second kappa shape index (κ2) is 2.54. The minimum Gasteiger partial charge on any atom is -0.303 e. The fraction of sp³-hybridized carbons (Fsp3) is 0.667. The van der Waals surface area contributed by atoms with Gasteiger partial charge in [-0.1, -0.05) is 0 Å². The third kappa shape index (κ3) is 6.26. The van der Waals surface area contributed by atoms with Crippen molar-refractivity contribution in [3.8, 4) is 0 Å². The lowest BCUT2D eigenvalue weighted by atomic mass is 10.5. The molecule has 0 saturated carbocycles. The average molecular weight is 220 g/mol. The Balaban J connectivity index is 3.34. The first-order valence-corrected chi connectivity index (χ1v) is 2.64. The van der Waals surface area contributed by atoms with Crippen LogP contribution in [0.15, 0.2) is 0 Å². The highest BCUT2D eigenvalue weighted by Crippen LogP contribution is 2.24. The van der Waals surface area contributed by atoms with Gasteiger partial charge in [0.25, 0.3) is 0 Å². The molecule has 0 aromatic heterocycles. The van der Waals surface area contributed by atoms with Crippen molar-refractivity contribution in [3.05, 3.63) is 0 Å². The van der Waals surface area contributed by atoms with Crippen molar-refractivity contribution in [1.29, 1.82) is 0 Å². The van der Waals surface area contributed by atoms with E-state index in [0.29, 0.717) is 0 Å². The van der Waals surface area contributed by atoms with Crippen LogP contribution in [0.25, 0.3) is 0 Å². The maximum absolute atomic E-state index is 11.5. The number of carbonyl (C=O) groups is 1. The normalized spacial score (nSPS) is 11.3. The van der Waals surface area contributed by atoms with Gasteiger partial charge >= 0.3 is 3.93 Å². The van der Waals surface area contributed by atoms with Crippen LogP contribution in [0.2, 0.25) is 0 Å². The quantitative estimate of drug-likeness (QED) is 0.392. The average Bonchev–Trinajstić information content (AvgIpc) is 1.30. The van der Waals surface area contributed by atoms with Gasteiger partial charge in [0, 0.05) is 0 Å². The molecule has 0 spiro atoms. The molecule has 0 aromatic rings. The van der Waals surface area contributed by atoms with Crippen molar-refractivity contribution in [2.45, 2.75) is 10.4 Å². The molecule has 0 fully saturated rings. The number of hydrogen-bond donors (Lipinski definition) is 0. The summed E-state index contributed by atoms with van der Waals surface area (Å²) in [5, 5.41) is 0. The fourth-order valence-corrected chi connectivity index (χ4v) is 0.274. The molecule has 0 aliphatic rings. The third-order valence-corrected chi connectivity index (χ3v) is 0.755. The number of alkyl halides is 3. The summed E-state index contributed by atoms with van der Waals surface area (Å²) < 4.78 is 20.1. The monoisotopic (exact) mass is 220 g/mol. The Hall–Kier alpha value is 0.260. The molecule has 0 bridgehead atoms. The molecule has 0 aliphatic heterocycles. The molecule has 7 heavy (non-hydrogen) atoms. The standard InChI is InChI=1S/C3H3F2IO/c4-3(5,6)1-2-7/h2H,1H2. The lowest BCUT2D eigenvalue weighted by molar-refractivity contribution is -0.110. The molecule has 0 unspecified atom stereocenters. The Morgan fingerprint density at radius 3 is 2.14 bits per heavy atom. The Labute approximate surface area is 53.2 Å². The summed E-state index contributed by atoms with van der Waals surface area (Å²) in [4.78, 5) is 9.34. The number of carbonyl (C=O) groups excluding carboxylic acids is 1. The van der Waals surface area contributed by atoms with Crippen LogP contribution in [0.5, 0.6) is 0 Å². The fourth-order valence-electron chi connectivity index (χ4n) is 0.0945. The van der Waals surface area contributed by atoms with E-state index in [1.54, 1.807) is 0 Å². The van der Waals surface area contributed by atoms with E-state index >= 15 is 0 Å². The second-order valence-electron chi connectivity index (χ2n) is 0.986. The van der Waals surface area contributed by atoms with Gasteiger partial charge in [-0.05, 0) is 22.6 Å². The van der Waals surface area contributed by atoms with E-state index in [-0.39, 0.29) is 6.29 Å².